The lowest BCUT2D eigenvalue weighted by atomic mass is 9.75. The molecule has 1 atom stereocenters. The zero-order chi connectivity index (χ0) is 22.8. The van der Waals surface area contributed by atoms with E-state index in [0.717, 1.165) is 12.1 Å². The number of hydrogen-bond acceptors (Lipinski definition) is 3. The van der Waals surface area contributed by atoms with E-state index in [-0.39, 0.29) is 23.0 Å². The SMILES string of the molecule is Cc1c(C(=O)NC(CCC(C)C)C(=O)Nc2ccccc2)[nH]c2c1C(=O)CC(C)(C)C2. The average Bonchev–Trinajstić information content (AvgIpc) is 3.00. The van der Waals surface area contributed by atoms with Crippen molar-refractivity contribution in [2.24, 2.45) is 11.3 Å². The average molecular weight is 424 g/mol. The Morgan fingerprint density at radius 2 is 1.77 bits per heavy atom. The predicted octanol–water partition coefficient (Wildman–Crippen LogP) is 4.65. The van der Waals surface area contributed by atoms with E-state index in [2.05, 4.69) is 43.3 Å². The van der Waals surface area contributed by atoms with Crippen LogP contribution in [0.2, 0.25) is 0 Å². The maximum Gasteiger partial charge on any atom is 0.268 e. The molecule has 6 nitrogen and oxygen atoms in total. The van der Waals surface area contributed by atoms with Crippen LogP contribution in [-0.4, -0.2) is 28.6 Å². The Kier molecular flexibility index (Phi) is 6.68. The van der Waals surface area contributed by atoms with Crippen molar-refractivity contribution >= 4 is 23.3 Å². The highest BCUT2D eigenvalue weighted by molar-refractivity contribution is 6.06. The largest absolute Gasteiger partial charge is 0.354 e. The first-order valence-electron chi connectivity index (χ1n) is 11.0. The van der Waals surface area contributed by atoms with Crippen LogP contribution >= 0.6 is 0 Å². The van der Waals surface area contributed by atoms with E-state index in [4.69, 9.17) is 0 Å². The Morgan fingerprint density at radius 1 is 1.10 bits per heavy atom. The minimum Gasteiger partial charge on any atom is -0.354 e. The standard InChI is InChI=1S/C25H33N3O3/c1-15(2)11-12-18(23(30)26-17-9-7-6-8-10-17)28-24(31)22-16(3)21-19(27-22)13-25(4,5)14-20(21)29/h6-10,15,18,27H,11-14H2,1-5H3,(H,26,30)(H,28,31). The van der Waals surface area contributed by atoms with Gasteiger partial charge in [0.25, 0.3) is 5.91 Å². The highest BCUT2D eigenvalue weighted by Gasteiger charge is 2.35. The predicted molar refractivity (Wildman–Crippen MR) is 122 cm³/mol. The maximum absolute atomic E-state index is 13.1. The zero-order valence-electron chi connectivity index (χ0n) is 19.1. The van der Waals surface area contributed by atoms with Crippen molar-refractivity contribution in [1.29, 1.82) is 0 Å². The van der Waals surface area contributed by atoms with Crippen LogP contribution in [0.5, 0.6) is 0 Å². The van der Waals surface area contributed by atoms with Gasteiger partial charge in [0.1, 0.15) is 11.7 Å². The van der Waals surface area contributed by atoms with Crippen molar-refractivity contribution < 1.29 is 14.4 Å². The van der Waals surface area contributed by atoms with Gasteiger partial charge in [0.2, 0.25) is 5.91 Å². The molecule has 1 aromatic heterocycles. The van der Waals surface area contributed by atoms with Crippen LogP contribution in [0.1, 0.15) is 79.1 Å². The summed E-state index contributed by atoms with van der Waals surface area (Å²) in [6.45, 7) is 10.1. The van der Waals surface area contributed by atoms with Gasteiger partial charge in [-0.15, -0.1) is 0 Å². The summed E-state index contributed by atoms with van der Waals surface area (Å²) in [5.74, 6) is -0.124. The third-order valence-corrected chi connectivity index (χ3v) is 5.82. The lowest BCUT2D eigenvalue weighted by molar-refractivity contribution is -0.118. The fourth-order valence-electron chi connectivity index (χ4n) is 4.21. The fraction of sp³-hybridized carbons (Fsp3) is 0.480. The summed E-state index contributed by atoms with van der Waals surface area (Å²) in [5.41, 5.74) is 3.05. The van der Waals surface area contributed by atoms with E-state index < -0.39 is 6.04 Å². The molecule has 1 aliphatic rings. The second-order valence-electron chi connectivity index (χ2n) is 9.77. The minimum absolute atomic E-state index is 0.0669. The van der Waals surface area contributed by atoms with Gasteiger partial charge >= 0.3 is 0 Å². The number of H-pyrrole nitrogens is 1. The quantitative estimate of drug-likeness (QED) is 0.605. The number of aromatic amines is 1. The number of benzene rings is 1. The smallest absolute Gasteiger partial charge is 0.268 e. The number of hydrogen-bond donors (Lipinski definition) is 3. The number of carbonyl (C=O) groups excluding carboxylic acids is 3. The summed E-state index contributed by atoms with van der Waals surface area (Å²) >= 11 is 0. The van der Waals surface area contributed by atoms with Crippen molar-refractivity contribution in [2.75, 3.05) is 5.32 Å². The number of rotatable bonds is 7. The van der Waals surface area contributed by atoms with Gasteiger partial charge in [-0.05, 0) is 55.2 Å². The molecular formula is C25H33N3O3. The summed E-state index contributed by atoms with van der Waals surface area (Å²) in [7, 11) is 0. The van der Waals surface area contributed by atoms with Gasteiger partial charge in [0, 0.05) is 23.4 Å². The third-order valence-electron chi connectivity index (χ3n) is 5.82. The topological polar surface area (TPSA) is 91.1 Å². The summed E-state index contributed by atoms with van der Waals surface area (Å²) in [6, 6.07) is 8.55. The summed E-state index contributed by atoms with van der Waals surface area (Å²) in [6.07, 6.45) is 2.53. The Balaban J connectivity index is 1.80. The highest BCUT2D eigenvalue weighted by Crippen LogP contribution is 2.36. The number of para-hydroxylation sites is 1. The molecule has 0 saturated heterocycles. The number of carbonyl (C=O) groups is 3. The van der Waals surface area contributed by atoms with Crippen LogP contribution in [0.4, 0.5) is 5.69 Å². The highest BCUT2D eigenvalue weighted by atomic mass is 16.2. The summed E-state index contributed by atoms with van der Waals surface area (Å²) in [5, 5.41) is 5.79. The molecule has 1 aliphatic carbocycles. The van der Waals surface area contributed by atoms with Gasteiger partial charge < -0.3 is 15.6 Å². The van der Waals surface area contributed by atoms with Crippen molar-refractivity contribution in [1.82, 2.24) is 10.3 Å². The number of Topliss-reactive ketones (excluding diaryl/α,β-unsaturated/α-hetero) is 1. The molecule has 0 aliphatic heterocycles. The second kappa shape index (κ2) is 9.08. The van der Waals surface area contributed by atoms with Crippen molar-refractivity contribution in [3.63, 3.8) is 0 Å². The molecule has 3 rings (SSSR count). The molecule has 1 heterocycles. The molecule has 0 spiro atoms. The molecule has 0 saturated carbocycles. The van der Waals surface area contributed by atoms with Crippen molar-refractivity contribution in [2.45, 2.75) is 66.3 Å². The first-order valence-corrected chi connectivity index (χ1v) is 11.0. The van der Waals surface area contributed by atoms with Crippen LogP contribution in [0.15, 0.2) is 30.3 Å². The van der Waals surface area contributed by atoms with Crippen molar-refractivity contribution in [3.8, 4) is 0 Å². The van der Waals surface area contributed by atoms with Crippen LogP contribution in [0, 0.1) is 18.3 Å². The first kappa shape index (κ1) is 22.8. The van der Waals surface area contributed by atoms with Crippen LogP contribution < -0.4 is 10.6 Å². The van der Waals surface area contributed by atoms with Crippen molar-refractivity contribution in [3.05, 3.63) is 52.8 Å². The zero-order valence-corrected chi connectivity index (χ0v) is 19.1. The molecular weight excluding hydrogens is 390 g/mol. The van der Waals surface area contributed by atoms with E-state index in [1.807, 2.05) is 30.3 Å². The molecule has 0 fully saturated rings. The molecule has 166 valence electrons. The number of ketones is 1. The number of amides is 2. The fourth-order valence-corrected chi connectivity index (χ4v) is 4.21. The van der Waals surface area contributed by atoms with Gasteiger partial charge in [0.05, 0.1) is 0 Å². The molecule has 1 unspecified atom stereocenters. The molecule has 1 aromatic carbocycles. The molecule has 3 N–H and O–H groups in total. The molecule has 2 aromatic rings. The Morgan fingerprint density at radius 3 is 2.42 bits per heavy atom. The maximum atomic E-state index is 13.1. The Bertz CT molecular complexity index is 973. The van der Waals surface area contributed by atoms with E-state index in [9.17, 15) is 14.4 Å². The number of aromatic nitrogens is 1. The van der Waals surface area contributed by atoms with E-state index >= 15 is 0 Å². The molecule has 0 bridgehead atoms. The third kappa shape index (κ3) is 5.43. The van der Waals surface area contributed by atoms with Crippen LogP contribution in [-0.2, 0) is 11.2 Å². The van der Waals surface area contributed by atoms with Gasteiger partial charge in [-0.2, -0.15) is 0 Å². The van der Waals surface area contributed by atoms with Gasteiger partial charge in [-0.1, -0.05) is 45.9 Å². The van der Waals surface area contributed by atoms with Gasteiger partial charge in [-0.3, -0.25) is 14.4 Å². The van der Waals surface area contributed by atoms with Crippen LogP contribution in [0.3, 0.4) is 0 Å². The monoisotopic (exact) mass is 423 g/mol. The molecule has 0 radical (unpaired) electrons. The Labute approximate surface area is 184 Å². The molecule has 2 amide bonds. The summed E-state index contributed by atoms with van der Waals surface area (Å²) in [4.78, 5) is 41.9. The van der Waals surface area contributed by atoms with E-state index in [1.54, 1.807) is 6.92 Å². The normalized spacial score (nSPS) is 16.0. The molecule has 31 heavy (non-hydrogen) atoms. The van der Waals surface area contributed by atoms with E-state index in [1.165, 1.54) is 0 Å². The Hall–Kier alpha value is -2.89. The van der Waals surface area contributed by atoms with Gasteiger partial charge in [0.15, 0.2) is 5.78 Å². The number of anilines is 1. The number of nitrogens with one attached hydrogen (secondary N) is 3. The first-order chi connectivity index (χ1) is 14.6. The lowest BCUT2D eigenvalue weighted by Crippen LogP contribution is -2.44. The van der Waals surface area contributed by atoms with E-state index in [0.29, 0.717) is 47.7 Å². The molecule has 6 heteroatoms. The lowest BCUT2D eigenvalue weighted by Gasteiger charge is -2.28. The van der Waals surface area contributed by atoms with Crippen LogP contribution in [0.25, 0.3) is 0 Å². The second-order valence-corrected chi connectivity index (χ2v) is 9.77. The van der Waals surface area contributed by atoms with Gasteiger partial charge in [-0.25, -0.2) is 0 Å². The minimum atomic E-state index is -0.665. The number of fused-ring (bicyclic) bond motifs is 1. The summed E-state index contributed by atoms with van der Waals surface area (Å²) < 4.78 is 0.